The average molecular weight is 346 g/mol. The van der Waals surface area contributed by atoms with Crippen molar-refractivity contribution in [3.63, 3.8) is 0 Å². The summed E-state index contributed by atoms with van der Waals surface area (Å²) in [5, 5.41) is 13.4. The molecule has 5 nitrogen and oxygen atoms in total. The Balaban J connectivity index is 2.24. The predicted octanol–water partition coefficient (Wildman–Crippen LogP) is 4.50. The molecule has 0 saturated carbocycles. The molecule has 2 aromatic rings. The molecule has 0 amide bonds. The molecule has 124 valence electrons. The normalized spacial score (nSPS) is 12.8. The van der Waals surface area contributed by atoms with Gasteiger partial charge < -0.3 is 10.6 Å². The lowest BCUT2D eigenvalue weighted by Crippen LogP contribution is -2.15. The Bertz CT molecular complexity index is 678. The topological polar surface area (TPSA) is 62.7 Å². The van der Waals surface area contributed by atoms with Crippen LogP contribution < -0.4 is 10.6 Å². The molecule has 23 heavy (non-hydrogen) atoms. The van der Waals surface area contributed by atoms with E-state index in [1.807, 2.05) is 13.8 Å². The van der Waals surface area contributed by atoms with Crippen molar-refractivity contribution < 1.29 is 13.2 Å². The minimum Gasteiger partial charge on any atom is -0.366 e. The predicted molar refractivity (Wildman–Crippen MR) is 82.9 cm³/mol. The van der Waals surface area contributed by atoms with Gasteiger partial charge >= 0.3 is 6.18 Å². The lowest BCUT2D eigenvalue weighted by atomic mass is 10.2. The van der Waals surface area contributed by atoms with E-state index < -0.39 is 11.7 Å². The van der Waals surface area contributed by atoms with Crippen LogP contribution in [-0.2, 0) is 6.18 Å². The second-order valence-corrected chi connectivity index (χ2v) is 5.34. The summed E-state index contributed by atoms with van der Waals surface area (Å²) in [5.74, 6) is 0.527. The largest absolute Gasteiger partial charge is 0.416 e. The third kappa shape index (κ3) is 4.69. The van der Waals surface area contributed by atoms with Gasteiger partial charge in [-0.05, 0) is 31.5 Å². The van der Waals surface area contributed by atoms with Crippen LogP contribution in [0.25, 0.3) is 0 Å². The van der Waals surface area contributed by atoms with Gasteiger partial charge in [0.15, 0.2) is 5.82 Å². The van der Waals surface area contributed by atoms with Crippen LogP contribution in [-0.4, -0.2) is 21.2 Å². The highest BCUT2D eigenvalue weighted by atomic mass is 35.5. The van der Waals surface area contributed by atoms with E-state index in [0.29, 0.717) is 5.82 Å². The van der Waals surface area contributed by atoms with E-state index in [1.54, 1.807) is 0 Å². The van der Waals surface area contributed by atoms with Gasteiger partial charge in [0.1, 0.15) is 0 Å². The zero-order chi connectivity index (χ0) is 17.0. The molecule has 0 fully saturated rings. The third-order valence-corrected chi connectivity index (χ3v) is 3.44. The molecule has 0 spiro atoms. The van der Waals surface area contributed by atoms with E-state index in [2.05, 4.69) is 25.8 Å². The summed E-state index contributed by atoms with van der Waals surface area (Å²) in [5.41, 5.74) is -0.754. The summed E-state index contributed by atoms with van der Waals surface area (Å²) in [6, 6.07) is 3.16. The SMILES string of the molecule is CCC(C)Nc1cnnc(Nc2cc(C(F)(F)F)ccc2Cl)n1. The quantitative estimate of drug-likeness (QED) is 0.835. The fraction of sp³-hybridized carbons (Fsp3) is 0.357. The number of rotatable bonds is 5. The minimum atomic E-state index is -4.46. The first-order chi connectivity index (χ1) is 10.8. The first kappa shape index (κ1) is 17.3. The van der Waals surface area contributed by atoms with E-state index in [9.17, 15) is 13.2 Å². The molecule has 1 aromatic heterocycles. The van der Waals surface area contributed by atoms with Crippen LogP contribution in [0.4, 0.5) is 30.6 Å². The third-order valence-electron chi connectivity index (χ3n) is 3.11. The summed E-state index contributed by atoms with van der Waals surface area (Å²) in [7, 11) is 0. The van der Waals surface area contributed by atoms with Crippen molar-refractivity contribution in [1.82, 2.24) is 15.2 Å². The Morgan fingerprint density at radius 3 is 2.70 bits per heavy atom. The van der Waals surface area contributed by atoms with Crippen molar-refractivity contribution >= 4 is 29.1 Å². The number of benzene rings is 1. The van der Waals surface area contributed by atoms with E-state index in [4.69, 9.17) is 11.6 Å². The Labute approximate surface area is 136 Å². The maximum absolute atomic E-state index is 12.8. The fourth-order valence-electron chi connectivity index (χ4n) is 1.70. The average Bonchev–Trinajstić information content (AvgIpc) is 2.48. The molecule has 0 bridgehead atoms. The molecule has 0 radical (unpaired) electrons. The number of nitrogens with zero attached hydrogens (tertiary/aromatic N) is 3. The van der Waals surface area contributed by atoms with E-state index >= 15 is 0 Å². The Morgan fingerprint density at radius 2 is 2.04 bits per heavy atom. The van der Waals surface area contributed by atoms with Crippen molar-refractivity contribution in [2.24, 2.45) is 0 Å². The molecule has 0 saturated heterocycles. The van der Waals surface area contributed by atoms with Gasteiger partial charge in [0.05, 0.1) is 22.5 Å². The Kier molecular flexibility index (Phi) is 5.25. The second-order valence-electron chi connectivity index (χ2n) is 4.94. The Hall–Kier alpha value is -2.09. The van der Waals surface area contributed by atoms with Gasteiger partial charge in [-0.2, -0.15) is 23.3 Å². The second kappa shape index (κ2) is 6.99. The lowest BCUT2D eigenvalue weighted by molar-refractivity contribution is -0.137. The smallest absolute Gasteiger partial charge is 0.366 e. The van der Waals surface area contributed by atoms with Gasteiger partial charge in [0.25, 0.3) is 0 Å². The zero-order valence-electron chi connectivity index (χ0n) is 12.4. The van der Waals surface area contributed by atoms with Crippen LogP contribution in [0.3, 0.4) is 0 Å². The first-order valence-corrected chi connectivity index (χ1v) is 7.27. The van der Waals surface area contributed by atoms with Crippen LogP contribution in [0, 0.1) is 0 Å². The van der Waals surface area contributed by atoms with Gasteiger partial charge in [-0.3, -0.25) is 0 Å². The molecule has 1 unspecified atom stereocenters. The number of anilines is 3. The summed E-state index contributed by atoms with van der Waals surface area (Å²) < 4.78 is 38.3. The van der Waals surface area contributed by atoms with Gasteiger partial charge in [0, 0.05) is 6.04 Å². The first-order valence-electron chi connectivity index (χ1n) is 6.89. The van der Waals surface area contributed by atoms with Crippen molar-refractivity contribution in [1.29, 1.82) is 0 Å². The van der Waals surface area contributed by atoms with Crippen LogP contribution >= 0.6 is 11.6 Å². The number of hydrogen-bond acceptors (Lipinski definition) is 5. The van der Waals surface area contributed by atoms with Crippen LogP contribution in [0.15, 0.2) is 24.4 Å². The lowest BCUT2D eigenvalue weighted by Gasteiger charge is -2.13. The number of aromatic nitrogens is 3. The summed E-state index contributed by atoms with van der Waals surface area (Å²) in [6.07, 6.45) is -2.14. The molecule has 0 aliphatic rings. The molecule has 1 atom stereocenters. The molecular weight excluding hydrogens is 331 g/mol. The number of nitrogens with one attached hydrogen (secondary N) is 2. The summed E-state index contributed by atoms with van der Waals surface area (Å²) >= 11 is 5.92. The number of alkyl halides is 3. The van der Waals surface area contributed by atoms with Crippen molar-refractivity contribution in [2.75, 3.05) is 10.6 Å². The zero-order valence-corrected chi connectivity index (χ0v) is 13.2. The molecule has 0 aliphatic carbocycles. The van der Waals surface area contributed by atoms with E-state index in [0.717, 1.165) is 18.6 Å². The van der Waals surface area contributed by atoms with E-state index in [-0.39, 0.29) is 22.7 Å². The highest BCUT2D eigenvalue weighted by molar-refractivity contribution is 6.33. The summed E-state index contributed by atoms with van der Waals surface area (Å²) in [6.45, 7) is 3.98. The highest BCUT2D eigenvalue weighted by Gasteiger charge is 2.31. The molecule has 2 N–H and O–H groups in total. The van der Waals surface area contributed by atoms with Gasteiger partial charge in [-0.15, -0.1) is 5.10 Å². The standard InChI is InChI=1S/C14H15ClF3N5/c1-3-8(2)20-12-7-19-23-13(22-12)21-11-6-9(14(16,17)18)4-5-10(11)15/h4-8H,3H2,1-2H3,(H2,20,21,22,23). The van der Waals surface area contributed by atoms with Crippen LogP contribution in [0.5, 0.6) is 0 Å². The fourth-order valence-corrected chi connectivity index (χ4v) is 1.86. The maximum atomic E-state index is 12.8. The monoisotopic (exact) mass is 345 g/mol. The Morgan fingerprint density at radius 1 is 1.30 bits per heavy atom. The highest BCUT2D eigenvalue weighted by Crippen LogP contribution is 2.34. The van der Waals surface area contributed by atoms with Crippen LogP contribution in [0.2, 0.25) is 5.02 Å². The molecule has 9 heteroatoms. The van der Waals surface area contributed by atoms with E-state index in [1.165, 1.54) is 12.3 Å². The molecule has 1 aromatic carbocycles. The van der Waals surface area contributed by atoms with Gasteiger partial charge in [-0.1, -0.05) is 18.5 Å². The maximum Gasteiger partial charge on any atom is 0.416 e. The molecular formula is C14H15ClF3N5. The molecule has 1 heterocycles. The summed E-state index contributed by atoms with van der Waals surface area (Å²) in [4.78, 5) is 4.15. The van der Waals surface area contributed by atoms with Crippen LogP contribution in [0.1, 0.15) is 25.8 Å². The van der Waals surface area contributed by atoms with Crippen molar-refractivity contribution in [3.8, 4) is 0 Å². The number of halogens is 4. The number of hydrogen-bond donors (Lipinski definition) is 2. The van der Waals surface area contributed by atoms with Gasteiger partial charge in [-0.25, -0.2) is 0 Å². The molecule has 0 aliphatic heterocycles. The molecule has 2 rings (SSSR count). The van der Waals surface area contributed by atoms with Gasteiger partial charge in [0.2, 0.25) is 5.95 Å². The van der Waals surface area contributed by atoms with Crippen molar-refractivity contribution in [3.05, 3.63) is 35.0 Å². The van der Waals surface area contributed by atoms with Crippen molar-refractivity contribution in [2.45, 2.75) is 32.5 Å². The minimum absolute atomic E-state index is 0.0551.